The lowest BCUT2D eigenvalue weighted by Crippen LogP contribution is -2.51. The third-order valence-corrected chi connectivity index (χ3v) is 11.3. The summed E-state index contributed by atoms with van der Waals surface area (Å²) in [6.45, 7) is 24.7. The Morgan fingerprint density at radius 3 is 1.36 bits per heavy atom. The first-order valence-electron chi connectivity index (χ1n) is 20.9. The third-order valence-electron chi connectivity index (χ3n) is 8.86. The highest BCUT2D eigenvalue weighted by Gasteiger charge is 2.35. The second-order valence-electron chi connectivity index (χ2n) is 17.9. The molecule has 1 aliphatic heterocycles. The van der Waals surface area contributed by atoms with Crippen molar-refractivity contribution < 1.29 is 47.3 Å². The van der Waals surface area contributed by atoms with Crippen LogP contribution in [-0.2, 0) is 48.6 Å². The van der Waals surface area contributed by atoms with Crippen molar-refractivity contribution in [1.29, 1.82) is 0 Å². The van der Waals surface area contributed by atoms with Crippen LogP contribution < -0.4 is 5.32 Å². The Morgan fingerprint density at radius 1 is 0.655 bits per heavy atom. The first kappa shape index (κ1) is 51.7. The average molecular weight is 842 g/mol. The highest BCUT2D eigenvalue weighted by Crippen LogP contribution is 2.53. The highest BCUT2D eigenvalue weighted by atomic mass is 31.2. The number of ether oxygens (including phenoxy) is 3. The number of benzene rings is 1. The summed E-state index contributed by atoms with van der Waals surface area (Å²) in [5.74, 6) is -1.71. The number of nitrogens with one attached hydrogen (secondary N) is 1. The van der Waals surface area contributed by atoms with E-state index < -0.39 is 36.3 Å². The molecule has 15 nitrogen and oxygen atoms in total. The van der Waals surface area contributed by atoms with Crippen LogP contribution in [0, 0.1) is 0 Å². The quantitative estimate of drug-likeness (QED) is 0.115. The van der Waals surface area contributed by atoms with Crippen molar-refractivity contribution in [3.8, 4) is 0 Å². The third kappa shape index (κ3) is 22.8. The molecule has 0 bridgehead atoms. The van der Waals surface area contributed by atoms with Gasteiger partial charge < -0.3 is 33.7 Å². The van der Waals surface area contributed by atoms with Gasteiger partial charge in [0.25, 0.3) is 0 Å². The second kappa shape index (κ2) is 24.7. The Bertz CT molecular complexity index is 1360. The summed E-state index contributed by atoms with van der Waals surface area (Å²) in [6, 6.07) is 9.92. The monoisotopic (exact) mass is 842 g/mol. The number of aliphatic hydroxyl groups excluding tert-OH is 1. The van der Waals surface area contributed by atoms with E-state index in [1.807, 2.05) is 107 Å². The number of hydrogen-bond donors (Lipinski definition) is 2. The molecule has 2 unspecified atom stereocenters. The van der Waals surface area contributed by atoms with Crippen molar-refractivity contribution in [1.82, 2.24) is 24.9 Å². The number of aliphatic hydroxyl groups is 1. The van der Waals surface area contributed by atoms with Crippen LogP contribution in [0.4, 0.5) is 0 Å². The largest absolute Gasteiger partial charge is 0.459 e. The summed E-state index contributed by atoms with van der Waals surface area (Å²) >= 11 is 0. The maximum atomic E-state index is 14.0. The van der Waals surface area contributed by atoms with E-state index in [-0.39, 0.29) is 63.8 Å². The van der Waals surface area contributed by atoms with Crippen LogP contribution in [0.15, 0.2) is 30.3 Å². The van der Waals surface area contributed by atoms with E-state index in [0.29, 0.717) is 65.2 Å². The smallest absolute Gasteiger partial charge is 0.347 e. The fourth-order valence-electron chi connectivity index (χ4n) is 6.44. The molecule has 1 fully saturated rings. The lowest BCUT2D eigenvalue weighted by Gasteiger charge is -2.35. The number of carbonyl (C=O) groups excluding carboxylic acids is 3. The van der Waals surface area contributed by atoms with Crippen molar-refractivity contribution in [3.63, 3.8) is 0 Å². The molecule has 1 saturated heterocycles. The van der Waals surface area contributed by atoms with Gasteiger partial charge in [-0.15, -0.1) is 0 Å². The molecule has 0 amide bonds. The minimum atomic E-state index is -3.57. The second-order valence-corrected chi connectivity index (χ2v) is 20.1. The number of β-amino-alcohol motifs (C(OH)–C–C–N with tert-alkyl or cyclic N) is 1. The molecule has 1 aromatic carbocycles. The predicted octanol–water partition coefficient (Wildman–Crippen LogP) is 4.41. The summed E-state index contributed by atoms with van der Waals surface area (Å²) in [5.41, 5.74) is -0.859. The van der Waals surface area contributed by atoms with Gasteiger partial charge in [0, 0.05) is 65.4 Å². The molecule has 1 heterocycles. The minimum absolute atomic E-state index is 0.0491. The first-order chi connectivity index (χ1) is 27.0. The van der Waals surface area contributed by atoms with Gasteiger partial charge in [0.1, 0.15) is 22.6 Å². The van der Waals surface area contributed by atoms with Gasteiger partial charge in [0.05, 0.1) is 39.0 Å². The highest BCUT2D eigenvalue weighted by molar-refractivity contribution is 7.54. The molecule has 0 aromatic heterocycles. The maximum absolute atomic E-state index is 14.0. The number of nitrogens with zero attached hydrogens (tertiary/aromatic N) is 4. The molecule has 0 spiro atoms. The molecular formula is C42H76N5O10P. The van der Waals surface area contributed by atoms with Crippen LogP contribution >= 0.6 is 7.60 Å². The zero-order valence-corrected chi connectivity index (χ0v) is 38.3. The molecule has 0 saturated carbocycles. The predicted molar refractivity (Wildman–Crippen MR) is 227 cm³/mol. The van der Waals surface area contributed by atoms with Crippen molar-refractivity contribution >= 4 is 25.5 Å². The van der Waals surface area contributed by atoms with Crippen LogP contribution in [0.3, 0.4) is 0 Å². The van der Waals surface area contributed by atoms with E-state index in [1.165, 1.54) is 0 Å². The Labute approximate surface area is 348 Å². The van der Waals surface area contributed by atoms with E-state index in [9.17, 15) is 24.1 Å². The van der Waals surface area contributed by atoms with Crippen LogP contribution in [0.5, 0.6) is 0 Å². The number of carbonyl (C=O) groups is 3. The molecular weight excluding hydrogens is 765 g/mol. The first-order valence-corrected chi connectivity index (χ1v) is 22.5. The summed E-state index contributed by atoms with van der Waals surface area (Å²) < 4.78 is 42.5. The van der Waals surface area contributed by atoms with Crippen molar-refractivity contribution in [2.24, 2.45) is 0 Å². The van der Waals surface area contributed by atoms with Crippen LogP contribution in [0.1, 0.15) is 88.1 Å². The van der Waals surface area contributed by atoms with Gasteiger partial charge in [0.2, 0.25) is 0 Å². The fourth-order valence-corrected chi connectivity index (χ4v) is 8.36. The molecule has 58 heavy (non-hydrogen) atoms. The van der Waals surface area contributed by atoms with Gasteiger partial charge >= 0.3 is 25.5 Å². The van der Waals surface area contributed by atoms with Crippen molar-refractivity contribution in [3.05, 3.63) is 35.9 Å². The molecule has 1 aromatic rings. The maximum Gasteiger partial charge on any atom is 0.347 e. The number of aryl methyl sites for hydroxylation is 1. The molecule has 2 rings (SSSR count). The molecule has 2 N–H and O–H groups in total. The van der Waals surface area contributed by atoms with E-state index >= 15 is 0 Å². The van der Waals surface area contributed by atoms with Crippen molar-refractivity contribution in [2.45, 2.75) is 118 Å². The molecule has 1 aliphatic rings. The zero-order valence-electron chi connectivity index (χ0n) is 37.4. The summed E-state index contributed by atoms with van der Waals surface area (Å²) in [5, 5.41) is 14.9. The number of rotatable bonds is 19. The number of hydrogen-bond acceptors (Lipinski definition) is 15. The van der Waals surface area contributed by atoms with E-state index in [4.69, 9.17) is 23.3 Å². The Kier molecular flexibility index (Phi) is 22.0. The lowest BCUT2D eigenvalue weighted by atomic mass is 10.1. The van der Waals surface area contributed by atoms with E-state index in [0.717, 1.165) is 5.56 Å². The van der Waals surface area contributed by atoms with Crippen LogP contribution in [-0.4, -0.2) is 170 Å². The van der Waals surface area contributed by atoms with Gasteiger partial charge in [-0.3, -0.25) is 38.5 Å². The van der Waals surface area contributed by atoms with Gasteiger partial charge in [-0.05, 0) is 94.6 Å². The van der Waals surface area contributed by atoms with Gasteiger partial charge in [-0.1, -0.05) is 30.3 Å². The molecule has 16 heteroatoms. The molecule has 334 valence electrons. The van der Waals surface area contributed by atoms with Crippen LogP contribution in [0.2, 0.25) is 0 Å². The lowest BCUT2D eigenvalue weighted by molar-refractivity contribution is -0.158. The fraction of sp³-hybridized carbons (Fsp3) is 0.786. The number of esters is 3. The molecule has 0 aliphatic carbocycles. The molecule has 0 radical (unpaired) electrons. The molecule has 2 atom stereocenters. The van der Waals surface area contributed by atoms with Gasteiger partial charge in [-0.25, -0.2) is 0 Å². The van der Waals surface area contributed by atoms with Crippen molar-refractivity contribution in [2.75, 3.05) is 98.3 Å². The van der Waals surface area contributed by atoms with Gasteiger partial charge in [-0.2, -0.15) is 0 Å². The average Bonchev–Trinajstić information content (AvgIpc) is 3.07. The SMILES string of the molecule is CCOP(=O)(OCC)C(CCc1ccccc1)NCC(O)CN1CCN(CC(=O)OC(C)(C)C)CCN(CC(=O)OC(C)(C)C)CCN(CC(=O)OC(C)(C)C)CC1. The topological polar surface area (TPSA) is 160 Å². The Balaban J connectivity index is 2.34. The Morgan fingerprint density at radius 2 is 1.02 bits per heavy atom. The minimum Gasteiger partial charge on any atom is -0.459 e. The summed E-state index contributed by atoms with van der Waals surface area (Å²) in [7, 11) is -3.57. The normalized spacial score (nSPS) is 17.8. The van der Waals surface area contributed by atoms with E-state index in [1.54, 1.807) is 13.8 Å². The summed E-state index contributed by atoms with van der Waals surface area (Å²) in [6.07, 6.45) is 0.245. The van der Waals surface area contributed by atoms with Crippen LogP contribution in [0.25, 0.3) is 0 Å². The van der Waals surface area contributed by atoms with E-state index in [2.05, 4.69) is 10.2 Å². The summed E-state index contributed by atoms with van der Waals surface area (Å²) in [4.78, 5) is 47.3. The standard InChI is InChI=1S/C42H76N5O10P/c1-12-53-58(52,54-13-2)36(20-19-34-17-15-14-16-18-34)43-29-35(48)30-44-21-23-45(31-37(49)55-40(3,4)5)25-27-47(33-39(51)57-42(9,10)11)28-26-46(24-22-44)32-38(50)56-41(6,7)8/h14-18,35-36,43,48H,12-13,19-33H2,1-11H3. The zero-order chi connectivity index (χ0) is 43.6. The Hall–Kier alpha value is -2.46. The van der Waals surface area contributed by atoms with Gasteiger partial charge in [0.15, 0.2) is 0 Å².